The summed E-state index contributed by atoms with van der Waals surface area (Å²) in [5, 5.41) is 2.92. The molecule has 0 spiro atoms. The Morgan fingerprint density at radius 2 is 1.97 bits per heavy atom. The summed E-state index contributed by atoms with van der Waals surface area (Å²) in [7, 11) is -1.68. The summed E-state index contributed by atoms with van der Waals surface area (Å²) in [5.74, 6) is 0.250. The first-order valence-corrected chi connectivity index (χ1v) is 13.2. The molecule has 0 radical (unpaired) electrons. The molecule has 4 rings (SSSR count). The first-order chi connectivity index (χ1) is 16.3. The Hall–Kier alpha value is -2.40. The van der Waals surface area contributed by atoms with Crippen molar-refractivity contribution in [1.29, 1.82) is 0 Å². The lowest BCUT2D eigenvalue weighted by Gasteiger charge is -2.27. The molecule has 2 fully saturated rings. The highest BCUT2D eigenvalue weighted by molar-refractivity contribution is 7.89. The van der Waals surface area contributed by atoms with Crippen LogP contribution in [0.2, 0.25) is 0 Å². The number of sulfonamides is 1. The quantitative estimate of drug-likeness (QED) is 0.612. The molecule has 9 nitrogen and oxygen atoms in total. The van der Waals surface area contributed by atoms with Crippen LogP contribution in [0, 0.1) is 0 Å². The molecule has 1 aromatic carbocycles. The zero-order valence-corrected chi connectivity index (χ0v) is 20.9. The summed E-state index contributed by atoms with van der Waals surface area (Å²) in [6.45, 7) is 6.19. The van der Waals surface area contributed by atoms with Crippen molar-refractivity contribution in [2.75, 3.05) is 44.7 Å². The minimum absolute atomic E-state index is 0.127. The van der Waals surface area contributed by atoms with Gasteiger partial charge >= 0.3 is 0 Å². The van der Waals surface area contributed by atoms with Crippen molar-refractivity contribution in [3.8, 4) is 5.75 Å². The van der Waals surface area contributed by atoms with E-state index in [1.165, 1.54) is 22.1 Å². The molecule has 0 aliphatic carbocycles. The van der Waals surface area contributed by atoms with E-state index in [4.69, 9.17) is 9.47 Å². The zero-order chi connectivity index (χ0) is 24.3. The van der Waals surface area contributed by atoms with E-state index in [2.05, 4.69) is 20.9 Å². The van der Waals surface area contributed by atoms with Gasteiger partial charge in [0.2, 0.25) is 15.9 Å². The molecule has 1 N–H and O–H groups in total. The van der Waals surface area contributed by atoms with E-state index in [1.807, 2.05) is 33.2 Å². The van der Waals surface area contributed by atoms with Crippen LogP contribution in [-0.2, 0) is 26.6 Å². The van der Waals surface area contributed by atoms with Gasteiger partial charge < -0.3 is 19.4 Å². The van der Waals surface area contributed by atoms with Gasteiger partial charge in [0.05, 0.1) is 42.5 Å². The Balaban J connectivity index is 1.53. The molecule has 1 aromatic heterocycles. The predicted octanol–water partition coefficient (Wildman–Crippen LogP) is 2.61. The molecule has 2 aromatic rings. The van der Waals surface area contributed by atoms with Gasteiger partial charge in [-0.1, -0.05) is 0 Å². The van der Waals surface area contributed by atoms with Crippen molar-refractivity contribution >= 4 is 21.6 Å². The number of likely N-dealkylation sites (tertiary alicyclic amines) is 1. The second-order valence-electron chi connectivity index (χ2n) is 9.06. The lowest BCUT2D eigenvalue weighted by atomic mass is 10.1. The minimum atomic E-state index is -3.70. The Labute approximate surface area is 201 Å². The number of carbonyl (C=O) groups excluding carboxylic acids is 1. The van der Waals surface area contributed by atoms with Crippen molar-refractivity contribution in [3.63, 3.8) is 0 Å². The van der Waals surface area contributed by atoms with E-state index in [0.29, 0.717) is 37.7 Å². The number of rotatable bonds is 8. The van der Waals surface area contributed by atoms with Gasteiger partial charge in [0.25, 0.3) is 0 Å². The highest BCUT2D eigenvalue weighted by Crippen LogP contribution is 2.33. The van der Waals surface area contributed by atoms with Crippen LogP contribution in [0.4, 0.5) is 5.69 Å². The monoisotopic (exact) mass is 490 g/mol. The minimum Gasteiger partial charge on any atom is -0.489 e. The van der Waals surface area contributed by atoms with Crippen LogP contribution < -0.4 is 10.1 Å². The number of nitrogens with zero attached hydrogens (tertiary/aromatic N) is 3. The third-order valence-electron chi connectivity index (χ3n) is 6.23. The SMILES string of the molecule is CC(C)Oc1ccc(S(=O)(=O)N2CCOCC2)cc1NC(=O)CN1CCC[C@@H]1c1cccn1C. The maximum atomic E-state index is 13.1. The number of anilines is 1. The van der Waals surface area contributed by atoms with Crippen LogP contribution in [0.5, 0.6) is 5.75 Å². The van der Waals surface area contributed by atoms with Gasteiger partial charge in [0, 0.05) is 32.0 Å². The number of benzene rings is 1. The van der Waals surface area contributed by atoms with Gasteiger partial charge in [-0.3, -0.25) is 9.69 Å². The van der Waals surface area contributed by atoms with Crippen LogP contribution in [0.25, 0.3) is 0 Å². The number of aromatic nitrogens is 1. The standard InChI is InChI=1S/C24H34N4O5S/c1-18(2)33-23-9-8-19(34(30,31)28-12-14-32-15-13-28)16-20(23)25-24(29)17-27-11-5-7-22(27)21-6-4-10-26(21)3/h4,6,8-10,16,18,22H,5,7,11-15,17H2,1-3H3,(H,25,29)/t22-/m1/s1. The molecule has 0 saturated carbocycles. The maximum Gasteiger partial charge on any atom is 0.243 e. The van der Waals surface area contributed by atoms with E-state index in [0.717, 1.165) is 19.4 Å². The fourth-order valence-electron chi connectivity index (χ4n) is 4.60. The predicted molar refractivity (Wildman–Crippen MR) is 129 cm³/mol. The van der Waals surface area contributed by atoms with Crippen LogP contribution in [0.1, 0.15) is 38.4 Å². The van der Waals surface area contributed by atoms with E-state index in [1.54, 1.807) is 6.07 Å². The molecule has 0 unspecified atom stereocenters. The molecule has 34 heavy (non-hydrogen) atoms. The second-order valence-corrected chi connectivity index (χ2v) is 11.0. The average molecular weight is 491 g/mol. The normalized spacial score (nSPS) is 20.1. The number of hydrogen-bond donors (Lipinski definition) is 1. The van der Waals surface area contributed by atoms with Gasteiger partial charge in [-0.25, -0.2) is 8.42 Å². The molecule has 2 saturated heterocycles. The van der Waals surface area contributed by atoms with Gasteiger partial charge in [-0.15, -0.1) is 0 Å². The molecule has 186 valence electrons. The Kier molecular flexibility index (Phi) is 7.61. The number of carbonyl (C=O) groups is 1. The average Bonchev–Trinajstić information content (AvgIpc) is 3.43. The van der Waals surface area contributed by atoms with Gasteiger partial charge in [-0.05, 0) is 63.6 Å². The van der Waals surface area contributed by atoms with Crippen molar-refractivity contribution in [3.05, 3.63) is 42.2 Å². The summed E-state index contributed by atoms with van der Waals surface area (Å²) >= 11 is 0. The number of amides is 1. The highest BCUT2D eigenvalue weighted by atomic mass is 32.2. The van der Waals surface area contributed by atoms with Crippen LogP contribution in [0.3, 0.4) is 0 Å². The molecule has 2 aliphatic rings. The lowest BCUT2D eigenvalue weighted by molar-refractivity contribution is -0.117. The van der Waals surface area contributed by atoms with Crippen LogP contribution in [-0.4, -0.2) is 73.6 Å². The van der Waals surface area contributed by atoms with Gasteiger partial charge in [-0.2, -0.15) is 4.31 Å². The highest BCUT2D eigenvalue weighted by Gasteiger charge is 2.30. The Bertz CT molecular complexity index is 1110. The van der Waals surface area contributed by atoms with Crippen molar-refractivity contribution in [1.82, 2.24) is 13.8 Å². The molecule has 10 heteroatoms. The molecular formula is C24H34N4O5S. The fourth-order valence-corrected chi connectivity index (χ4v) is 6.04. The molecule has 2 aliphatic heterocycles. The molecule has 1 atom stereocenters. The number of morpholine rings is 1. The van der Waals surface area contributed by atoms with E-state index in [-0.39, 0.29) is 29.5 Å². The summed E-state index contributed by atoms with van der Waals surface area (Å²) in [5.41, 5.74) is 1.55. The maximum absolute atomic E-state index is 13.1. The van der Waals surface area contributed by atoms with E-state index in [9.17, 15) is 13.2 Å². The smallest absolute Gasteiger partial charge is 0.243 e. The van der Waals surface area contributed by atoms with Crippen molar-refractivity contribution < 1.29 is 22.7 Å². The van der Waals surface area contributed by atoms with Crippen molar-refractivity contribution in [2.45, 2.75) is 43.7 Å². The van der Waals surface area contributed by atoms with Crippen molar-refractivity contribution in [2.24, 2.45) is 7.05 Å². The largest absolute Gasteiger partial charge is 0.489 e. The Morgan fingerprint density at radius 1 is 1.21 bits per heavy atom. The third-order valence-corrected chi connectivity index (χ3v) is 8.13. The van der Waals surface area contributed by atoms with Gasteiger partial charge in [0.1, 0.15) is 5.75 Å². The summed E-state index contributed by atoms with van der Waals surface area (Å²) < 4.78 is 41.0. The Morgan fingerprint density at radius 3 is 2.65 bits per heavy atom. The zero-order valence-electron chi connectivity index (χ0n) is 20.1. The summed E-state index contributed by atoms with van der Waals surface area (Å²) in [6.07, 6.45) is 3.91. The van der Waals surface area contributed by atoms with Crippen LogP contribution >= 0.6 is 0 Å². The molecule has 3 heterocycles. The summed E-state index contributed by atoms with van der Waals surface area (Å²) in [4.78, 5) is 15.4. The number of aryl methyl sites for hydroxylation is 1. The molecule has 0 bridgehead atoms. The number of ether oxygens (including phenoxy) is 2. The fraction of sp³-hybridized carbons (Fsp3) is 0.542. The number of hydrogen-bond acceptors (Lipinski definition) is 6. The molecule has 1 amide bonds. The molecular weight excluding hydrogens is 456 g/mol. The van der Waals surface area contributed by atoms with E-state index >= 15 is 0 Å². The van der Waals surface area contributed by atoms with Crippen LogP contribution in [0.15, 0.2) is 41.4 Å². The second kappa shape index (κ2) is 10.5. The number of nitrogens with one attached hydrogen (secondary N) is 1. The van der Waals surface area contributed by atoms with Gasteiger partial charge in [0.15, 0.2) is 0 Å². The lowest BCUT2D eigenvalue weighted by Crippen LogP contribution is -2.40. The first-order valence-electron chi connectivity index (χ1n) is 11.8. The summed E-state index contributed by atoms with van der Waals surface area (Å²) in [6, 6.07) is 8.94. The topological polar surface area (TPSA) is 93.1 Å². The van der Waals surface area contributed by atoms with E-state index < -0.39 is 10.0 Å². The first kappa shape index (κ1) is 24.7. The third kappa shape index (κ3) is 5.46.